The van der Waals surface area contributed by atoms with E-state index in [1.165, 1.54) is 18.2 Å². The first-order valence-electron chi connectivity index (χ1n) is 11.7. The van der Waals surface area contributed by atoms with Crippen LogP contribution in [-0.4, -0.2) is 46.9 Å². The molecule has 0 aliphatic carbocycles. The zero-order valence-corrected chi connectivity index (χ0v) is 19.4. The molecule has 0 radical (unpaired) electrons. The highest BCUT2D eigenvalue weighted by Gasteiger charge is 2.31. The SMILES string of the molecule is O=C(O)Nc1ccc2c(c1)NC(=O)CCCCCC(C(=O)NC1Cc3ccccc3NC1=O)NC2=O. The average Bonchev–Trinajstić information content (AvgIpc) is 2.82. The maximum absolute atomic E-state index is 13.2. The highest BCUT2D eigenvalue weighted by molar-refractivity contribution is 6.06. The van der Waals surface area contributed by atoms with Gasteiger partial charge in [0.2, 0.25) is 17.7 Å². The molecule has 0 bridgehead atoms. The van der Waals surface area contributed by atoms with Crippen molar-refractivity contribution in [2.45, 2.75) is 50.6 Å². The quantitative estimate of drug-likeness (QED) is 0.384. The van der Waals surface area contributed by atoms with Crippen molar-refractivity contribution in [2.75, 3.05) is 16.0 Å². The van der Waals surface area contributed by atoms with Crippen LogP contribution in [-0.2, 0) is 20.8 Å². The Bertz CT molecular complexity index is 1210. The Morgan fingerprint density at radius 3 is 2.56 bits per heavy atom. The molecule has 2 aliphatic heterocycles. The molecule has 11 heteroatoms. The van der Waals surface area contributed by atoms with Crippen LogP contribution in [0.1, 0.15) is 48.0 Å². The Balaban J connectivity index is 1.53. The van der Waals surface area contributed by atoms with Gasteiger partial charge in [-0.25, -0.2) is 4.79 Å². The van der Waals surface area contributed by atoms with E-state index in [0.717, 1.165) is 5.56 Å². The van der Waals surface area contributed by atoms with Gasteiger partial charge < -0.3 is 26.4 Å². The average molecular weight is 494 g/mol. The molecular weight excluding hydrogens is 466 g/mol. The molecular formula is C25H27N5O6. The van der Waals surface area contributed by atoms with E-state index in [2.05, 4.69) is 26.6 Å². The van der Waals surface area contributed by atoms with Crippen LogP contribution in [0.2, 0.25) is 0 Å². The van der Waals surface area contributed by atoms with Crippen molar-refractivity contribution >= 4 is 46.8 Å². The number of anilines is 3. The molecule has 5 amide bonds. The molecule has 0 fully saturated rings. The molecule has 2 aliphatic rings. The van der Waals surface area contributed by atoms with Crippen LogP contribution >= 0.6 is 0 Å². The first-order valence-corrected chi connectivity index (χ1v) is 11.7. The number of benzene rings is 2. The fraction of sp³-hybridized carbons (Fsp3) is 0.320. The van der Waals surface area contributed by atoms with E-state index < -0.39 is 30.0 Å². The summed E-state index contributed by atoms with van der Waals surface area (Å²) in [5.74, 6) is -1.70. The second-order valence-electron chi connectivity index (χ2n) is 8.78. The molecule has 2 heterocycles. The van der Waals surface area contributed by atoms with Gasteiger partial charge in [0.05, 0.1) is 11.3 Å². The summed E-state index contributed by atoms with van der Waals surface area (Å²) in [6.07, 6.45) is 1.44. The van der Waals surface area contributed by atoms with Crippen molar-refractivity contribution in [1.29, 1.82) is 0 Å². The van der Waals surface area contributed by atoms with Crippen molar-refractivity contribution in [1.82, 2.24) is 10.6 Å². The van der Waals surface area contributed by atoms with E-state index in [-0.39, 0.29) is 35.2 Å². The predicted octanol–water partition coefficient (Wildman–Crippen LogP) is 2.46. The zero-order valence-electron chi connectivity index (χ0n) is 19.4. The number of carbonyl (C=O) groups excluding carboxylic acids is 4. The topological polar surface area (TPSA) is 166 Å². The Hall–Kier alpha value is -4.41. The van der Waals surface area contributed by atoms with Crippen LogP contribution in [0.4, 0.5) is 21.9 Å². The van der Waals surface area contributed by atoms with Crippen molar-refractivity contribution in [3.63, 3.8) is 0 Å². The molecule has 2 aromatic carbocycles. The number of carbonyl (C=O) groups is 5. The van der Waals surface area contributed by atoms with Gasteiger partial charge in [0.15, 0.2) is 0 Å². The Labute approximate surface area is 207 Å². The predicted molar refractivity (Wildman–Crippen MR) is 132 cm³/mol. The van der Waals surface area contributed by atoms with Crippen molar-refractivity contribution in [3.8, 4) is 0 Å². The summed E-state index contributed by atoms with van der Waals surface area (Å²) in [4.78, 5) is 62.2. The highest BCUT2D eigenvalue weighted by atomic mass is 16.4. The number of para-hydroxylation sites is 1. The summed E-state index contributed by atoms with van der Waals surface area (Å²) in [5, 5.41) is 22.1. The van der Waals surface area contributed by atoms with Crippen LogP contribution in [0.3, 0.4) is 0 Å². The number of rotatable bonds is 3. The molecule has 0 aromatic heterocycles. The fourth-order valence-electron chi connectivity index (χ4n) is 4.32. The lowest BCUT2D eigenvalue weighted by molar-refractivity contribution is -0.128. The van der Waals surface area contributed by atoms with Crippen LogP contribution in [0.15, 0.2) is 42.5 Å². The minimum atomic E-state index is -1.29. The zero-order chi connectivity index (χ0) is 25.7. The summed E-state index contributed by atoms with van der Waals surface area (Å²) in [5.41, 5.74) is 2.01. The molecule has 4 rings (SSSR count). The number of fused-ring (bicyclic) bond motifs is 2. The smallest absolute Gasteiger partial charge is 0.409 e. The van der Waals surface area contributed by atoms with E-state index >= 15 is 0 Å². The summed E-state index contributed by atoms with van der Waals surface area (Å²) >= 11 is 0. The minimum absolute atomic E-state index is 0.0852. The maximum Gasteiger partial charge on any atom is 0.409 e. The normalized spacial score (nSPS) is 20.2. The lowest BCUT2D eigenvalue weighted by atomic mass is 9.98. The molecule has 36 heavy (non-hydrogen) atoms. The van der Waals surface area contributed by atoms with Gasteiger partial charge in [-0.1, -0.05) is 31.0 Å². The van der Waals surface area contributed by atoms with Crippen LogP contribution in [0, 0.1) is 0 Å². The van der Waals surface area contributed by atoms with Gasteiger partial charge in [-0.15, -0.1) is 0 Å². The summed E-state index contributed by atoms with van der Waals surface area (Å²) in [6, 6.07) is 9.80. The van der Waals surface area contributed by atoms with Gasteiger partial charge >= 0.3 is 6.09 Å². The number of nitrogens with one attached hydrogen (secondary N) is 5. The minimum Gasteiger partial charge on any atom is -0.465 e. The van der Waals surface area contributed by atoms with Gasteiger partial charge in [0, 0.05) is 24.2 Å². The number of carboxylic acid groups (broad SMARTS) is 1. The molecule has 2 unspecified atom stereocenters. The number of amides is 5. The van der Waals surface area contributed by atoms with E-state index in [4.69, 9.17) is 5.11 Å². The Morgan fingerprint density at radius 1 is 0.944 bits per heavy atom. The molecule has 0 spiro atoms. The molecule has 188 valence electrons. The number of hydrogen-bond donors (Lipinski definition) is 6. The van der Waals surface area contributed by atoms with Gasteiger partial charge in [0.1, 0.15) is 12.1 Å². The monoisotopic (exact) mass is 493 g/mol. The van der Waals surface area contributed by atoms with Gasteiger partial charge in [-0.05, 0) is 42.7 Å². The lowest BCUT2D eigenvalue weighted by Gasteiger charge is -2.27. The lowest BCUT2D eigenvalue weighted by Crippen LogP contribution is -2.54. The first kappa shape index (κ1) is 24.7. The highest BCUT2D eigenvalue weighted by Crippen LogP contribution is 2.24. The van der Waals surface area contributed by atoms with Gasteiger partial charge in [-0.3, -0.25) is 24.5 Å². The van der Waals surface area contributed by atoms with Crippen molar-refractivity contribution in [2.24, 2.45) is 0 Å². The summed E-state index contributed by atoms with van der Waals surface area (Å²) < 4.78 is 0. The third-order valence-corrected chi connectivity index (χ3v) is 6.14. The fourth-order valence-corrected chi connectivity index (χ4v) is 4.32. The van der Waals surface area contributed by atoms with E-state index in [0.29, 0.717) is 37.8 Å². The van der Waals surface area contributed by atoms with E-state index in [1.807, 2.05) is 18.2 Å². The second kappa shape index (κ2) is 10.9. The van der Waals surface area contributed by atoms with Gasteiger partial charge in [-0.2, -0.15) is 0 Å². The van der Waals surface area contributed by atoms with E-state index in [1.54, 1.807) is 6.07 Å². The molecule has 0 saturated carbocycles. The third kappa shape index (κ3) is 5.98. The van der Waals surface area contributed by atoms with Crippen molar-refractivity contribution in [3.05, 3.63) is 53.6 Å². The standard InChI is InChI=1S/C25H27N5O6/c31-21-9-3-1-2-8-18(23(33)30-20-12-14-6-4-5-7-17(14)28-24(20)34)29-22(32)16-11-10-15(26-25(35)36)13-19(16)27-21/h4-7,10-11,13,18,20,26H,1-3,8-9,12H2,(H,27,31)(H,28,34)(H,29,32)(H,30,33)(H,35,36). The summed E-state index contributed by atoms with van der Waals surface area (Å²) in [6.45, 7) is 0. The number of hydrogen-bond acceptors (Lipinski definition) is 5. The Kier molecular flexibility index (Phi) is 7.47. The molecule has 6 N–H and O–H groups in total. The summed E-state index contributed by atoms with van der Waals surface area (Å²) in [7, 11) is 0. The molecule has 0 saturated heterocycles. The molecule has 11 nitrogen and oxygen atoms in total. The van der Waals surface area contributed by atoms with Crippen LogP contribution in [0.5, 0.6) is 0 Å². The van der Waals surface area contributed by atoms with E-state index in [9.17, 15) is 24.0 Å². The van der Waals surface area contributed by atoms with Crippen molar-refractivity contribution < 1.29 is 29.1 Å². The second-order valence-corrected chi connectivity index (χ2v) is 8.78. The third-order valence-electron chi connectivity index (χ3n) is 6.14. The van der Waals surface area contributed by atoms with Crippen LogP contribution < -0.4 is 26.6 Å². The molecule has 2 atom stereocenters. The van der Waals surface area contributed by atoms with Crippen LogP contribution in [0.25, 0.3) is 0 Å². The largest absolute Gasteiger partial charge is 0.465 e. The molecule has 2 aromatic rings. The Morgan fingerprint density at radius 2 is 1.75 bits per heavy atom. The first-order chi connectivity index (χ1) is 17.3. The maximum atomic E-state index is 13.2. The van der Waals surface area contributed by atoms with Gasteiger partial charge in [0.25, 0.3) is 5.91 Å².